The van der Waals surface area contributed by atoms with Gasteiger partial charge >= 0.3 is 0 Å². The molecule has 0 spiro atoms. The zero-order valence-electron chi connectivity index (χ0n) is 13.7. The summed E-state index contributed by atoms with van der Waals surface area (Å²) in [5.74, 6) is 1.83. The zero-order chi connectivity index (χ0) is 15.6. The quantitative estimate of drug-likeness (QED) is 0.410. The number of aliphatic imine (C=N–C) groups is 1. The second-order valence-electron chi connectivity index (χ2n) is 5.98. The van der Waals surface area contributed by atoms with Crippen molar-refractivity contribution < 1.29 is 0 Å². The summed E-state index contributed by atoms with van der Waals surface area (Å²) in [4.78, 5) is 8.83. The second-order valence-corrected chi connectivity index (χ2v) is 5.98. The van der Waals surface area contributed by atoms with Gasteiger partial charge in [-0.1, -0.05) is 6.07 Å². The van der Waals surface area contributed by atoms with E-state index in [1.807, 2.05) is 18.2 Å². The third kappa shape index (κ3) is 8.89. The Balaban J connectivity index is 2.22. The first-order valence-corrected chi connectivity index (χ1v) is 7.72. The van der Waals surface area contributed by atoms with Crippen LogP contribution in [0.25, 0.3) is 0 Å². The number of hydrogen-bond acceptors (Lipinski definition) is 3. The fourth-order valence-electron chi connectivity index (χ4n) is 1.77. The number of pyridine rings is 1. The summed E-state index contributed by atoms with van der Waals surface area (Å²) >= 11 is 0. The number of unbranched alkanes of at least 4 members (excludes halogenated alkanes) is 1. The molecule has 118 valence electrons. The molecular weight excluding hydrogens is 262 g/mol. The standard InChI is InChI=1S/C16H29N5/c1-5-17-15(21-16(2,3)4)20-13-9-8-12-19-14-10-6-7-11-18-14/h6-7,10-11H,5,8-9,12-13H2,1-4H3,(H,18,19)(H2,17,20,21). The highest BCUT2D eigenvalue weighted by molar-refractivity contribution is 5.80. The van der Waals surface area contributed by atoms with Crippen molar-refractivity contribution in [3.05, 3.63) is 24.4 Å². The molecular formula is C16H29N5. The summed E-state index contributed by atoms with van der Waals surface area (Å²) in [5, 5.41) is 9.96. The molecule has 0 bridgehead atoms. The van der Waals surface area contributed by atoms with Crippen molar-refractivity contribution in [1.29, 1.82) is 0 Å². The van der Waals surface area contributed by atoms with Gasteiger partial charge in [-0.25, -0.2) is 4.98 Å². The van der Waals surface area contributed by atoms with Crippen LogP contribution in [0, 0.1) is 0 Å². The molecule has 21 heavy (non-hydrogen) atoms. The second kappa shape index (κ2) is 9.21. The normalized spacial score (nSPS) is 12.1. The number of nitrogens with one attached hydrogen (secondary N) is 3. The maximum absolute atomic E-state index is 4.59. The Hall–Kier alpha value is -1.78. The molecule has 0 amide bonds. The van der Waals surface area contributed by atoms with Crippen molar-refractivity contribution in [3.8, 4) is 0 Å². The van der Waals surface area contributed by atoms with Crippen molar-refractivity contribution >= 4 is 11.8 Å². The highest BCUT2D eigenvalue weighted by atomic mass is 15.2. The molecule has 1 rings (SSSR count). The third-order valence-electron chi connectivity index (χ3n) is 2.66. The molecule has 5 nitrogen and oxygen atoms in total. The molecule has 0 aliphatic carbocycles. The van der Waals surface area contributed by atoms with Crippen LogP contribution in [-0.2, 0) is 0 Å². The number of rotatable bonds is 7. The van der Waals surface area contributed by atoms with Crippen molar-refractivity contribution in [2.24, 2.45) is 4.99 Å². The van der Waals surface area contributed by atoms with E-state index < -0.39 is 0 Å². The van der Waals surface area contributed by atoms with Crippen LogP contribution in [0.4, 0.5) is 5.82 Å². The van der Waals surface area contributed by atoms with Crippen molar-refractivity contribution in [2.75, 3.05) is 25.0 Å². The van der Waals surface area contributed by atoms with Gasteiger partial charge in [-0.05, 0) is 52.7 Å². The molecule has 0 atom stereocenters. The van der Waals surface area contributed by atoms with Crippen LogP contribution in [0.3, 0.4) is 0 Å². The fourth-order valence-corrected chi connectivity index (χ4v) is 1.77. The molecule has 5 heteroatoms. The van der Waals surface area contributed by atoms with Crippen molar-refractivity contribution in [2.45, 2.75) is 46.1 Å². The molecule has 0 radical (unpaired) electrons. The average molecular weight is 291 g/mol. The Morgan fingerprint density at radius 1 is 1.24 bits per heavy atom. The molecule has 0 fully saturated rings. The monoisotopic (exact) mass is 291 g/mol. The van der Waals surface area contributed by atoms with Gasteiger partial charge in [-0.15, -0.1) is 0 Å². The van der Waals surface area contributed by atoms with Crippen LogP contribution in [0.1, 0.15) is 40.5 Å². The van der Waals surface area contributed by atoms with Gasteiger partial charge < -0.3 is 16.0 Å². The molecule has 0 aliphatic rings. The Kier molecular flexibility index (Phi) is 7.58. The van der Waals surface area contributed by atoms with Crippen LogP contribution in [0.5, 0.6) is 0 Å². The molecule has 1 heterocycles. The van der Waals surface area contributed by atoms with Crippen molar-refractivity contribution in [1.82, 2.24) is 15.6 Å². The van der Waals surface area contributed by atoms with E-state index >= 15 is 0 Å². The molecule has 3 N–H and O–H groups in total. The Bertz CT molecular complexity index is 408. The first-order chi connectivity index (χ1) is 10.0. The van der Waals surface area contributed by atoms with Gasteiger partial charge in [0.05, 0.1) is 0 Å². The predicted molar refractivity (Wildman–Crippen MR) is 90.8 cm³/mol. The number of guanidine groups is 1. The third-order valence-corrected chi connectivity index (χ3v) is 2.66. The van der Waals surface area contributed by atoms with E-state index in [0.717, 1.165) is 44.3 Å². The lowest BCUT2D eigenvalue weighted by Crippen LogP contribution is -2.47. The molecule has 1 aromatic heterocycles. The summed E-state index contributed by atoms with van der Waals surface area (Å²) in [7, 11) is 0. The van der Waals surface area contributed by atoms with Crippen LogP contribution in [0.15, 0.2) is 29.4 Å². The lowest BCUT2D eigenvalue weighted by Gasteiger charge is -2.23. The molecule has 0 aliphatic heterocycles. The predicted octanol–water partition coefficient (Wildman–Crippen LogP) is 2.63. The summed E-state index contributed by atoms with van der Waals surface area (Å²) in [5.41, 5.74) is 0.0293. The fraction of sp³-hybridized carbons (Fsp3) is 0.625. The van der Waals surface area contributed by atoms with E-state index in [1.54, 1.807) is 6.20 Å². The Labute approximate surface area is 128 Å². The summed E-state index contributed by atoms with van der Waals surface area (Å²) in [6.45, 7) is 11.1. The minimum Gasteiger partial charge on any atom is -0.370 e. The van der Waals surface area contributed by atoms with Crippen LogP contribution >= 0.6 is 0 Å². The van der Waals surface area contributed by atoms with E-state index in [1.165, 1.54) is 0 Å². The molecule has 0 saturated heterocycles. The van der Waals surface area contributed by atoms with E-state index in [9.17, 15) is 0 Å². The lowest BCUT2D eigenvalue weighted by molar-refractivity contribution is 0.501. The number of hydrogen-bond donors (Lipinski definition) is 3. The zero-order valence-corrected chi connectivity index (χ0v) is 13.7. The topological polar surface area (TPSA) is 61.3 Å². The Morgan fingerprint density at radius 2 is 2.05 bits per heavy atom. The molecule has 0 aromatic carbocycles. The first kappa shape index (κ1) is 17.3. The smallest absolute Gasteiger partial charge is 0.191 e. The van der Waals surface area contributed by atoms with Gasteiger partial charge in [0, 0.05) is 31.4 Å². The number of nitrogens with zero attached hydrogens (tertiary/aromatic N) is 2. The van der Waals surface area contributed by atoms with E-state index in [-0.39, 0.29) is 5.54 Å². The van der Waals surface area contributed by atoms with E-state index in [4.69, 9.17) is 0 Å². The summed E-state index contributed by atoms with van der Waals surface area (Å²) in [6, 6.07) is 5.89. The first-order valence-electron chi connectivity index (χ1n) is 7.72. The molecule has 0 unspecified atom stereocenters. The number of aromatic nitrogens is 1. The van der Waals surface area contributed by atoms with E-state index in [2.05, 4.69) is 53.6 Å². The summed E-state index contributed by atoms with van der Waals surface area (Å²) < 4.78 is 0. The van der Waals surface area contributed by atoms with Crippen molar-refractivity contribution in [3.63, 3.8) is 0 Å². The molecule has 1 aromatic rings. The van der Waals surface area contributed by atoms with Crippen LogP contribution in [-0.4, -0.2) is 36.1 Å². The largest absolute Gasteiger partial charge is 0.370 e. The van der Waals surface area contributed by atoms with Gasteiger partial charge in [0.1, 0.15) is 5.82 Å². The SMILES string of the molecule is CCNC(=NCCCCNc1ccccn1)NC(C)(C)C. The molecule has 0 saturated carbocycles. The summed E-state index contributed by atoms with van der Waals surface area (Å²) in [6.07, 6.45) is 3.93. The lowest BCUT2D eigenvalue weighted by atomic mass is 10.1. The van der Waals surface area contributed by atoms with Crippen LogP contribution in [0.2, 0.25) is 0 Å². The average Bonchev–Trinajstić information content (AvgIpc) is 2.42. The highest BCUT2D eigenvalue weighted by Gasteiger charge is 2.11. The number of anilines is 1. The maximum atomic E-state index is 4.59. The minimum atomic E-state index is 0.0293. The van der Waals surface area contributed by atoms with Gasteiger partial charge in [0.25, 0.3) is 0 Å². The van der Waals surface area contributed by atoms with Gasteiger partial charge in [0.2, 0.25) is 0 Å². The minimum absolute atomic E-state index is 0.0293. The van der Waals surface area contributed by atoms with Gasteiger partial charge in [-0.3, -0.25) is 4.99 Å². The highest BCUT2D eigenvalue weighted by Crippen LogP contribution is 2.01. The van der Waals surface area contributed by atoms with Crippen LogP contribution < -0.4 is 16.0 Å². The van der Waals surface area contributed by atoms with E-state index in [0.29, 0.717) is 0 Å². The van der Waals surface area contributed by atoms with Gasteiger partial charge in [0.15, 0.2) is 5.96 Å². The Morgan fingerprint density at radius 3 is 2.67 bits per heavy atom. The van der Waals surface area contributed by atoms with Gasteiger partial charge in [-0.2, -0.15) is 0 Å². The maximum Gasteiger partial charge on any atom is 0.191 e.